The van der Waals surface area contributed by atoms with E-state index in [0.717, 1.165) is 0 Å². The van der Waals surface area contributed by atoms with Crippen molar-refractivity contribution >= 4 is 23.5 Å². The summed E-state index contributed by atoms with van der Waals surface area (Å²) < 4.78 is 10.1. The van der Waals surface area contributed by atoms with Crippen molar-refractivity contribution in [3.63, 3.8) is 0 Å². The van der Waals surface area contributed by atoms with Gasteiger partial charge < -0.3 is 19.4 Å². The first-order chi connectivity index (χ1) is 13.6. The minimum absolute atomic E-state index is 0.129. The molecule has 2 aromatic rings. The summed E-state index contributed by atoms with van der Waals surface area (Å²) in [5.74, 6) is -0.328. The molecule has 0 aliphatic carbocycles. The Hall–Kier alpha value is -3.13. The summed E-state index contributed by atoms with van der Waals surface area (Å²) in [6.07, 6.45) is 1.48. The van der Waals surface area contributed by atoms with E-state index < -0.39 is 0 Å². The van der Waals surface area contributed by atoms with Crippen LogP contribution in [0, 0.1) is 0 Å². The molecule has 0 spiro atoms. The SMILES string of the molecule is CCOC(=O)c1ccc(NC(=O)CN2CCN(C(=O)c3ccco3)CC2)cc1. The molecule has 8 heteroatoms. The quantitative estimate of drug-likeness (QED) is 0.763. The number of benzene rings is 1. The highest BCUT2D eigenvalue weighted by Gasteiger charge is 2.24. The number of hydrogen-bond donors (Lipinski definition) is 1. The summed E-state index contributed by atoms with van der Waals surface area (Å²) >= 11 is 0. The van der Waals surface area contributed by atoms with E-state index in [4.69, 9.17) is 9.15 Å². The van der Waals surface area contributed by atoms with Crippen LogP contribution in [-0.2, 0) is 9.53 Å². The molecule has 0 bridgehead atoms. The standard InChI is InChI=1S/C20H23N3O5/c1-2-27-20(26)15-5-7-16(8-6-15)21-18(24)14-22-9-11-23(12-10-22)19(25)17-4-3-13-28-17/h3-8,13H,2,9-12,14H2,1H3,(H,21,24). The van der Waals surface area contributed by atoms with Crippen LogP contribution >= 0.6 is 0 Å². The number of carbonyl (C=O) groups is 3. The minimum Gasteiger partial charge on any atom is -0.462 e. The Morgan fingerprint density at radius 3 is 2.39 bits per heavy atom. The fraction of sp³-hybridized carbons (Fsp3) is 0.350. The maximum Gasteiger partial charge on any atom is 0.338 e. The topological polar surface area (TPSA) is 92.1 Å². The molecule has 0 radical (unpaired) electrons. The lowest BCUT2D eigenvalue weighted by Gasteiger charge is -2.33. The Bertz CT molecular complexity index is 809. The van der Waals surface area contributed by atoms with Gasteiger partial charge in [0.15, 0.2) is 5.76 Å². The maximum atomic E-state index is 12.3. The third-order valence-corrected chi connectivity index (χ3v) is 4.44. The largest absolute Gasteiger partial charge is 0.462 e. The summed E-state index contributed by atoms with van der Waals surface area (Å²) in [5, 5.41) is 2.82. The number of esters is 1. The van der Waals surface area contributed by atoms with Gasteiger partial charge in [-0.2, -0.15) is 0 Å². The molecule has 1 saturated heterocycles. The van der Waals surface area contributed by atoms with Crippen molar-refractivity contribution in [1.82, 2.24) is 9.80 Å². The van der Waals surface area contributed by atoms with Gasteiger partial charge in [-0.05, 0) is 43.3 Å². The molecule has 1 fully saturated rings. The maximum absolute atomic E-state index is 12.3. The van der Waals surface area contributed by atoms with Gasteiger partial charge in [0.05, 0.1) is 25.0 Å². The molecular formula is C20H23N3O5. The van der Waals surface area contributed by atoms with Gasteiger partial charge in [-0.15, -0.1) is 0 Å². The minimum atomic E-state index is -0.387. The summed E-state index contributed by atoms with van der Waals surface area (Å²) in [6.45, 7) is 4.62. The predicted molar refractivity (Wildman–Crippen MR) is 102 cm³/mol. The van der Waals surface area contributed by atoms with E-state index in [9.17, 15) is 14.4 Å². The first-order valence-corrected chi connectivity index (χ1v) is 9.19. The Morgan fingerprint density at radius 2 is 1.79 bits per heavy atom. The van der Waals surface area contributed by atoms with Gasteiger partial charge in [0.1, 0.15) is 0 Å². The van der Waals surface area contributed by atoms with E-state index in [1.165, 1.54) is 6.26 Å². The lowest BCUT2D eigenvalue weighted by molar-refractivity contribution is -0.117. The van der Waals surface area contributed by atoms with E-state index >= 15 is 0 Å². The predicted octanol–water partition coefficient (Wildman–Crippen LogP) is 1.85. The number of ether oxygens (including phenoxy) is 1. The summed E-state index contributed by atoms with van der Waals surface area (Å²) in [7, 11) is 0. The summed E-state index contributed by atoms with van der Waals surface area (Å²) in [6, 6.07) is 9.91. The van der Waals surface area contributed by atoms with Crippen molar-refractivity contribution in [2.45, 2.75) is 6.92 Å². The normalized spacial score (nSPS) is 14.5. The molecule has 1 aliphatic rings. The van der Waals surface area contributed by atoms with Gasteiger partial charge in [0.2, 0.25) is 5.91 Å². The molecule has 0 unspecified atom stereocenters. The van der Waals surface area contributed by atoms with Crippen LogP contribution in [0.1, 0.15) is 27.8 Å². The number of nitrogens with one attached hydrogen (secondary N) is 1. The van der Waals surface area contributed by atoms with Crippen LogP contribution in [-0.4, -0.2) is 66.9 Å². The fourth-order valence-corrected chi connectivity index (χ4v) is 2.97. The number of anilines is 1. The van der Waals surface area contributed by atoms with Crippen molar-refractivity contribution in [1.29, 1.82) is 0 Å². The Labute approximate surface area is 163 Å². The average molecular weight is 385 g/mol. The molecule has 1 aromatic carbocycles. The molecule has 2 heterocycles. The molecule has 1 aliphatic heterocycles. The van der Waals surface area contributed by atoms with E-state index in [2.05, 4.69) is 5.32 Å². The summed E-state index contributed by atoms with van der Waals surface area (Å²) in [4.78, 5) is 39.9. The highest BCUT2D eigenvalue weighted by Crippen LogP contribution is 2.12. The third kappa shape index (κ3) is 4.98. The van der Waals surface area contributed by atoms with Crippen LogP contribution in [0.25, 0.3) is 0 Å². The highest BCUT2D eigenvalue weighted by molar-refractivity contribution is 5.94. The van der Waals surface area contributed by atoms with Crippen molar-refractivity contribution < 1.29 is 23.5 Å². The first-order valence-electron chi connectivity index (χ1n) is 9.19. The molecule has 8 nitrogen and oxygen atoms in total. The van der Waals surface area contributed by atoms with Crippen LogP contribution in [0.3, 0.4) is 0 Å². The zero-order valence-corrected chi connectivity index (χ0v) is 15.7. The zero-order chi connectivity index (χ0) is 19.9. The molecule has 3 rings (SSSR count). The second kappa shape index (κ2) is 9.18. The fourth-order valence-electron chi connectivity index (χ4n) is 2.97. The van der Waals surface area contributed by atoms with Crippen molar-refractivity contribution in [2.75, 3.05) is 44.6 Å². The van der Waals surface area contributed by atoms with Crippen molar-refractivity contribution in [3.05, 3.63) is 54.0 Å². The van der Waals surface area contributed by atoms with E-state index in [1.807, 2.05) is 4.90 Å². The second-order valence-electron chi connectivity index (χ2n) is 6.39. The smallest absolute Gasteiger partial charge is 0.338 e. The van der Waals surface area contributed by atoms with Gasteiger partial charge >= 0.3 is 5.97 Å². The van der Waals surface area contributed by atoms with Gasteiger partial charge in [0.25, 0.3) is 5.91 Å². The number of hydrogen-bond acceptors (Lipinski definition) is 6. The van der Waals surface area contributed by atoms with Crippen LogP contribution < -0.4 is 5.32 Å². The average Bonchev–Trinajstić information content (AvgIpc) is 3.23. The Balaban J connectivity index is 1.44. The number of carbonyl (C=O) groups excluding carboxylic acids is 3. The number of furan rings is 1. The molecule has 28 heavy (non-hydrogen) atoms. The third-order valence-electron chi connectivity index (χ3n) is 4.44. The monoisotopic (exact) mass is 385 g/mol. The van der Waals surface area contributed by atoms with Crippen LogP contribution in [0.15, 0.2) is 47.1 Å². The van der Waals surface area contributed by atoms with Crippen LogP contribution in [0.5, 0.6) is 0 Å². The molecule has 0 atom stereocenters. The van der Waals surface area contributed by atoms with Crippen molar-refractivity contribution in [3.8, 4) is 0 Å². The number of piperazine rings is 1. The van der Waals surface area contributed by atoms with E-state index in [-0.39, 0.29) is 24.3 Å². The molecule has 148 valence electrons. The number of nitrogens with zero attached hydrogens (tertiary/aromatic N) is 2. The van der Waals surface area contributed by atoms with Gasteiger partial charge in [-0.25, -0.2) is 4.79 Å². The van der Waals surface area contributed by atoms with Crippen LogP contribution in [0.4, 0.5) is 5.69 Å². The lowest BCUT2D eigenvalue weighted by atomic mass is 10.2. The molecule has 2 amide bonds. The summed E-state index contributed by atoms with van der Waals surface area (Å²) in [5.41, 5.74) is 1.06. The van der Waals surface area contributed by atoms with Gasteiger partial charge in [-0.3, -0.25) is 14.5 Å². The van der Waals surface area contributed by atoms with Gasteiger partial charge in [0, 0.05) is 31.9 Å². The first kappa shape index (κ1) is 19.6. The van der Waals surface area contributed by atoms with Gasteiger partial charge in [-0.1, -0.05) is 0 Å². The van der Waals surface area contributed by atoms with E-state index in [1.54, 1.807) is 48.2 Å². The van der Waals surface area contributed by atoms with E-state index in [0.29, 0.717) is 49.8 Å². The molecule has 0 saturated carbocycles. The number of rotatable bonds is 6. The lowest BCUT2D eigenvalue weighted by Crippen LogP contribution is -2.50. The second-order valence-corrected chi connectivity index (χ2v) is 6.39. The molecular weight excluding hydrogens is 362 g/mol. The Kier molecular flexibility index (Phi) is 6.44. The Morgan fingerprint density at radius 1 is 1.07 bits per heavy atom. The van der Waals surface area contributed by atoms with Crippen molar-refractivity contribution in [2.24, 2.45) is 0 Å². The number of amides is 2. The molecule has 1 aromatic heterocycles. The zero-order valence-electron chi connectivity index (χ0n) is 15.7. The highest BCUT2D eigenvalue weighted by atomic mass is 16.5. The molecule has 1 N–H and O–H groups in total. The van der Waals surface area contributed by atoms with Crippen LogP contribution in [0.2, 0.25) is 0 Å².